The van der Waals surface area contributed by atoms with Gasteiger partial charge in [0.2, 0.25) is 0 Å². The van der Waals surface area contributed by atoms with E-state index in [1.807, 2.05) is 0 Å². The molecule has 0 N–H and O–H groups in total. The van der Waals surface area contributed by atoms with E-state index in [1.54, 1.807) is 4.22 Å². The van der Waals surface area contributed by atoms with Crippen molar-refractivity contribution >= 4 is 91.9 Å². The molecular formula is C11H18S4Se3. The van der Waals surface area contributed by atoms with Crippen molar-refractivity contribution in [3.05, 3.63) is 0 Å². The van der Waals surface area contributed by atoms with Crippen LogP contribution < -0.4 is 0 Å². The van der Waals surface area contributed by atoms with Crippen molar-refractivity contribution in [2.24, 2.45) is 0 Å². The summed E-state index contributed by atoms with van der Waals surface area (Å²) in [5.74, 6) is 8.86. The predicted molar refractivity (Wildman–Crippen MR) is 96.7 cm³/mol. The molecular weight excluding hydrogens is 497 g/mol. The first-order valence-corrected chi connectivity index (χ1v) is 17.0. The molecule has 0 nitrogen and oxygen atoms in total. The third-order valence-electron chi connectivity index (χ3n) is 2.73. The zero-order chi connectivity index (χ0) is 12.2. The molecule has 4 atom stereocenters. The van der Waals surface area contributed by atoms with Gasteiger partial charge in [0, 0.05) is 0 Å². The summed E-state index contributed by atoms with van der Waals surface area (Å²) in [6.07, 6.45) is 0. The molecule has 0 aromatic rings. The Balaban J connectivity index is 1.26. The summed E-state index contributed by atoms with van der Waals surface area (Å²) in [6, 6.07) is 0. The first-order valence-electron chi connectivity index (χ1n) is 6.17. The van der Waals surface area contributed by atoms with E-state index < -0.39 is 0 Å². The van der Waals surface area contributed by atoms with Crippen molar-refractivity contribution in [3.8, 4) is 0 Å². The topological polar surface area (TPSA) is 0 Å². The molecule has 0 radical (unpaired) electrons. The second-order valence-corrected chi connectivity index (χ2v) is 22.1. The second kappa shape index (κ2) is 8.55. The molecule has 3 aliphatic heterocycles. The van der Waals surface area contributed by atoms with Crippen molar-refractivity contribution in [1.29, 1.82) is 0 Å². The molecule has 0 bridgehead atoms. The summed E-state index contributed by atoms with van der Waals surface area (Å²) in [5, 5.41) is 2.09. The van der Waals surface area contributed by atoms with Gasteiger partial charge in [-0.15, -0.1) is 0 Å². The molecule has 104 valence electrons. The van der Waals surface area contributed by atoms with Crippen LogP contribution in [0.25, 0.3) is 0 Å². The molecule has 3 aliphatic rings. The van der Waals surface area contributed by atoms with Crippen LogP contribution in [0.1, 0.15) is 0 Å². The van der Waals surface area contributed by atoms with Crippen molar-refractivity contribution in [2.45, 2.75) is 22.1 Å². The maximum atomic E-state index is 2.28. The summed E-state index contributed by atoms with van der Waals surface area (Å²) >= 11 is 11.9. The molecule has 0 aromatic heterocycles. The van der Waals surface area contributed by atoms with Gasteiger partial charge in [-0.2, -0.15) is 0 Å². The number of hydrogen-bond acceptors (Lipinski definition) is 4. The van der Waals surface area contributed by atoms with Gasteiger partial charge in [-0.05, 0) is 0 Å². The standard InChI is InChI=1S/C11H18S4Se3/c1(8-3-14-8)12-5-10-16-7-17-11(18-10)6-13-2-9-4-15-9/h8-11H,1-7H2. The van der Waals surface area contributed by atoms with Gasteiger partial charge in [0.1, 0.15) is 0 Å². The quantitative estimate of drug-likeness (QED) is 0.360. The van der Waals surface area contributed by atoms with E-state index in [9.17, 15) is 0 Å². The van der Waals surface area contributed by atoms with Crippen LogP contribution in [0.15, 0.2) is 0 Å². The normalized spacial score (nSPS) is 38.7. The first kappa shape index (κ1) is 15.8. The first-order chi connectivity index (χ1) is 8.90. The van der Waals surface area contributed by atoms with Gasteiger partial charge in [0.15, 0.2) is 0 Å². The molecule has 18 heavy (non-hydrogen) atoms. The van der Waals surface area contributed by atoms with Crippen LogP contribution in [-0.2, 0) is 0 Å². The fourth-order valence-corrected chi connectivity index (χ4v) is 28.9. The van der Waals surface area contributed by atoms with E-state index >= 15 is 0 Å². The summed E-state index contributed by atoms with van der Waals surface area (Å²) in [5.41, 5.74) is 0. The van der Waals surface area contributed by atoms with Crippen molar-refractivity contribution in [1.82, 2.24) is 0 Å². The summed E-state index contributed by atoms with van der Waals surface area (Å²) < 4.78 is 4.03. The van der Waals surface area contributed by atoms with E-state index in [4.69, 9.17) is 0 Å². The zero-order valence-electron chi connectivity index (χ0n) is 10.1. The van der Waals surface area contributed by atoms with Gasteiger partial charge in [-0.25, -0.2) is 0 Å². The predicted octanol–water partition coefficient (Wildman–Crippen LogP) is 2.68. The van der Waals surface area contributed by atoms with Crippen LogP contribution in [0.5, 0.6) is 0 Å². The van der Waals surface area contributed by atoms with Crippen molar-refractivity contribution in [3.63, 3.8) is 0 Å². The molecule has 0 spiro atoms. The second-order valence-electron chi connectivity index (χ2n) is 4.43. The van der Waals surface area contributed by atoms with E-state index in [2.05, 4.69) is 47.0 Å². The van der Waals surface area contributed by atoms with E-state index in [0.29, 0.717) is 0 Å². The summed E-state index contributed by atoms with van der Waals surface area (Å²) in [7, 11) is 0. The van der Waals surface area contributed by atoms with Gasteiger partial charge >= 0.3 is 149 Å². The fraction of sp³-hybridized carbons (Fsp3) is 1.00. The number of thioether (sulfide) groups is 4. The third kappa shape index (κ3) is 6.38. The third-order valence-corrected chi connectivity index (χ3v) is 22.6. The zero-order valence-corrected chi connectivity index (χ0v) is 18.5. The number of rotatable bonds is 8. The molecule has 0 aliphatic carbocycles. The summed E-state index contributed by atoms with van der Waals surface area (Å²) in [4.78, 5) is 0. The number of hydrogen-bond donors (Lipinski definition) is 0. The molecule has 4 unspecified atom stereocenters. The van der Waals surface area contributed by atoms with Gasteiger partial charge in [0.25, 0.3) is 0 Å². The van der Waals surface area contributed by atoms with Crippen LogP contribution in [0.4, 0.5) is 0 Å². The molecule has 0 aromatic carbocycles. The molecule has 0 amide bonds. The Morgan fingerprint density at radius 1 is 0.833 bits per heavy atom. The minimum atomic E-state index is 1.01. The fourth-order valence-electron chi connectivity index (χ4n) is 1.53. The molecule has 7 heteroatoms. The average Bonchev–Trinajstić information content (AvgIpc) is 3.25. The van der Waals surface area contributed by atoms with E-state index in [-0.39, 0.29) is 0 Å². The van der Waals surface area contributed by atoms with Gasteiger partial charge < -0.3 is 0 Å². The Kier molecular flexibility index (Phi) is 7.53. The minimum absolute atomic E-state index is 1.01. The monoisotopic (exact) mass is 518 g/mol. The van der Waals surface area contributed by atoms with E-state index in [0.717, 1.165) is 55.4 Å². The Bertz CT molecular complexity index is 237. The van der Waals surface area contributed by atoms with Crippen molar-refractivity contribution < 1.29 is 0 Å². The molecule has 3 saturated heterocycles. The van der Waals surface area contributed by atoms with Crippen LogP contribution >= 0.6 is 47.0 Å². The molecule has 0 saturated carbocycles. The molecule has 3 fully saturated rings. The summed E-state index contributed by atoms with van der Waals surface area (Å²) in [6.45, 7) is 0. The van der Waals surface area contributed by atoms with Crippen LogP contribution in [-0.4, -0.2) is 89.9 Å². The Labute approximate surface area is 147 Å². The average molecular weight is 515 g/mol. The maximum absolute atomic E-state index is 2.28. The van der Waals surface area contributed by atoms with Crippen LogP contribution in [0.3, 0.4) is 0 Å². The van der Waals surface area contributed by atoms with E-state index in [1.165, 1.54) is 41.9 Å². The molecule has 3 rings (SSSR count). The van der Waals surface area contributed by atoms with Gasteiger partial charge in [0.05, 0.1) is 0 Å². The van der Waals surface area contributed by atoms with Crippen LogP contribution in [0.2, 0.25) is 11.6 Å². The van der Waals surface area contributed by atoms with Crippen LogP contribution in [0, 0.1) is 0 Å². The SMILES string of the molecule is C1[Se]C(CSCC2CS2)[Se]C(CSCC2CS2)[Se]1. The van der Waals surface area contributed by atoms with Gasteiger partial charge in [-0.3, -0.25) is 0 Å². The Hall–Kier alpha value is 2.96. The van der Waals surface area contributed by atoms with Gasteiger partial charge in [-0.1, -0.05) is 0 Å². The Morgan fingerprint density at radius 2 is 1.33 bits per heavy atom. The Morgan fingerprint density at radius 3 is 1.78 bits per heavy atom. The van der Waals surface area contributed by atoms with Crippen molar-refractivity contribution in [2.75, 3.05) is 34.5 Å². The molecule has 3 heterocycles.